The zero-order valence-corrected chi connectivity index (χ0v) is 6.89. The molecular formula is C9H16O. The van der Waals surface area contributed by atoms with Crippen molar-refractivity contribution in [3.63, 3.8) is 0 Å². The van der Waals surface area contributed by atoms with Gasteiger partial charge in [0.15, 0.2) is 0 Å². The molecule has 0 aromatic carbocycles. The van der Waals surface area contributed by atoms with Crippen LogP contribution in [0.5, 0.6) is 0 Å². The molecule has 0 N–H and O–H groups in total. The molecule has 0 saturated heterocycles. The fourth-order valence-corrected chi connectivity index (χ4v) is 1.71. The molecule has 1 nitrogen and oxygen atoms in total. The Morgan fingerprint density at radius 3 is 2.70 bits per heavy atom. The second-order valence-electron chi connectivity index (χ2n) is 3.69. The summed E-state index contributed by atoms with van der Waals surface area (Å²) >= 11 is 0. The standard InChI is InChI=1S/C9H16O/c1-7(2)6-8-4-3-5-9(8)10/h7-8H,3-6H2,1-2H3. The third kappa shape index (κ3) is 1.83. The summed E-state index contributed by atoms with van der Waals surface area (Å²) in [6.45, 7) is 4.37. The van der Waals surface area contributed by atoms with Gasteiger partial charge in [-0.05, 0) is 25.2 Å². The van der Waals surface area contributed by atoms with Crippen molar-refractivity contribution in [2.24, 2.45) is 11.8 Å². The molecule has 58 valence electrons. The van der Waals surface area contributed by atoms with Crippen LogP contribution in [0, 0.1) is 11.8 Å². The van der Waals surface area contributed by atoms with E-state index in [1.165, 1.54) is 0 Å². The zero-order valence-electron chi connectivity index (χ0n) is 6.89. The highest BCUT2D eigenvalue weighted by atomic mass is 16.1. The molecule has 0 aromatic rings. The summed E-state index contributed by atoms with van der Waals surface area (Å²) in [5.41, 5.74) is 0. The smallest absolute Gasteiger partial charge is 0.135 e. The first-order valence-electron chi connectivity index (χ1n) is 4.23. The molecule has 1 saturated carbocycles. The van der Waals surface area contributed by atoms with E-state index in [9.17, 15) is 4.79 Å². The molecule has 1 unspecified atom stereocenters. The lowest BCUT2D eigenvalue weighted by atomic mass is 9.95. The monoisotopic (exact) mass is 140 g/mol. The molecule has 1 rings (SSSR count). The Hall–Kier alpha value is -0.330. The minimum Gasteiger partial charge on any atom is -0.299 e. The van der Waals surface area contributed by atoms with Gasteiger partial charge in [0.25, 0.3) is 0 Å². The van der Waals surface area contributed by atoms with Crippen molar-refractivity contribution in [3.05, 3.63) is 0 Å². The van der Waals surface area contributed by atoms with Gasteiger partial charge in [-0.3, -0.25) is 4.79 Å². The average molecular weight is 140 g/mol. The van der Waals surface area contributed by atoms with Gasteiger partial charge in [-0.1, -0.05) is 13.8 Å². The summed E-state index contributed by atoms with van der Waals surface area (Å²) in [7, 11) is 0. The molecule has 0 amide bonds. The van der Waals surface area contributed by atoms with Crippen molar-refractivity contribution >= 4 is 5.78 Å². The predicted octanol–water partition coefficient (Wildman–Crippen LogP) is 2.40. The van der Waals surface area contributed by atoms with Gasteiger partial charge in [-0.2, -0.15) is 0 Å². The topological polar surface area (TPSA) is 17.1 Å². The Morgan fingerprint density at radius 2 is 2.30 bits per heavy atom. The van der Waals surface area contributed by atoms with Crippen molar-refractivity contribution in [1.82, 2.24) is 0 Å². The van der Waals surface area contributed by atoms with E-state index in [4.69, 9.17) is 0 Å². The highest BCUT2D eigenvalue weighted by Gasteiger charge is 2.24. The van der Waals surface area contributed by atoms with E-state index < -0.39 is 0 Å². The maximum absolute atomic E-state index is 11.1. The van der Waals surface area contributed by atoms with Crippen LogP contribution in [0.15, 0.2) is 0 Å². The van der Waals surface area contributed by atoms with Crippen LogP contribution in [0.4, 0.5) is 0 Å². The second kappa shape index (κ2) is 3.18. The van der Waals surface area contributed by atoms with Gasteiger partial charge in [-0.25, -0.2) is 0 Å². The molecule has 1 heteroatoms. The molecule has 0 aromatic heterocycles. The van der Waals surface area contributed by atoms with Gasteiger partial charge >= 0.3 is 0 Å². The van der Waals surface area contributed by atoms with Gasteiger partial charge in [0.05, 0.1) is 0 Å². The first-order chi connectivity index (χ1) is 4.70. The van der Waals surface area contributed by atoms with Crippen LogP contribution in [0.3, 0.4) is 0 Å². The summed E-state index contributed by atoms with van der Waals surface area (Å²) in [5, 5.41) is 0. The molecular weight excluding hydrogens is 124 g/mol. The minimum atomic E-state index is 0.417. The van der Waals surface area contributed by atoms with Crippen molar-refractivity contribution < 1.29 is 4.79 Å². The number of carbonyl (C=O) groups is 1. The zero-order chi connectivity index (χ0) is 7.56. The lowest BCUT2D eigenvalue weighted by molar-refractivity contribution is -0.121. The van der Waals surface area contributed by atoms with Gasteiger partial charge in [0.2, 0.25) is 0 Å². The third-order valence-electron chi connectivity index (χ3n) is 2.19. The molecule has 0 aliphatic heterocycles. The highest BCUT2D eigenvalue weighted by molar-refractivity contribution is 5.82. The Labute approximate surface area is 62.8 Å². The van der Waals surface area contributed by atoms with Crippen molar-refractivity contribution in [2.45, 2.75) is 39.5 Å². The number of hydrogen-bond acceptors (Lipinski definition) is 1. The largest absolute Gasteiger partial charge is 0.299 e. The van der Waals surface area contributed by atoms with Gasteiger partial charge in [0.1, 0.15) is 5.78 Å². The minimum absolute atomic E-state index is 0.417. The fraction of sp³-hybridized carbons (Fsp3) is 0.889. The number of Topliss-reactive ketones (excluding diaryl/α,β-unsaturated/α-hetero) is 1. The van der Waals surface area contributed by atoms with Crippen molar-refractivity contribution in [3.8, 4) is 0 Å². The fourth-order valence-electron chi connectivity index (χ4n) is 1.71. The van der Waals surface area contributed by atoms with Crippen LogP contribution >= 0.6 is 0 Å². The molecule has 1 fully saturated rings. The summed E-state index contributed by atoms with van der Waals surface area (Å²) in [6, 6.07) is 0. The van der Waals surface area contributed by atoms with Crippen molar-refractivity contribution in [2.75, 3.05) is 0 Å². The third-order valence-corrected chi connectivity index (χ3v) is 2.19. The second-order valence-corrected chi connectivity index (χ2v) is 3.69. The Bertz CT molecular complexity index is 127. The number of carbonyl (C=O) groups excluding carboxylic acids is 1. The molecule has 0 spiro atoms. The highest BCUT2D eigenvalue weighted by Crippen LogP contribution is 2.26. The Morgan fingerprint density at radius 1 is 1.60 bits per heavy atom. The van der Waals surface area contributed by atoms with Crippen LogP contribution in [-0.4, -0.2) is 5.78 Å². The molecule has 1 aliphatic carbocycles. The lowest BCUT2D eigenvalue weighted by Crippen LogP contribution is -2.08. The van der Waals surface area contributed by atoms with E-state index in [0.29, 0.717) is 17.6 Å². The average Bonchev–Trinajstić information content (AvgIpc) is 2.15. The van der Waals surface area contributed by atoms with Crippen molar-refractivity contribution in [1.29, 1.82) is 0 Å². The molecule has 0 bridgehead atoms. The molecule has 0 radical (unpaired) electrons. The van der Waals surface area contributed by atoms with Gasteiger partial charge in [0, 0.05) is 12.3 Å². The number of rotatable bonds is 2. The maximum atomic E-state index is 11.1. The maximum Gasteiger partial charge on any atom is 0.135 e. The predicted molar refractivity (Wildman–Crippen MR) is 41.8 cm³/mol. The van der Waals surface area contributed by atoms with Crippen LogP contribution in [-0.2, 0) is 4.79 Å². The van der Waals surface area contributed by atoms with Gasteiger partial charge < -0.3 is 0 Å². The van der Waals surface area contributed by atoms with Crippen LogP contribution < -0.4 is 0 Å². The Balaban J connectivity index is 2.33. The summed E-state index contributed by atoms with van der Waals surface area (Å²) in [6.07, 6.45) is 4.24. The first kappa shape index (κ1) is 7.77. The normalized spacial score (nSPS) is 26.3. The quantitative estimate of drug-likeness (QED) is 0.575. The number of hydrogen-bond donors (Lipinski definition) is 0. The molecule has 10 heavy (non-hydrogen) atoms. The molecule has 1 aliphatic rings. The van der Waals surface area contributed by atoms with E-state index in [1.807, 2.05) is 0 Å². The lowest BCUT2D eigenvalue weighted by Gasteiger charge is -2.09. The SMILES string of the molecule is CC(C)CC1CCCC1=O. The van der Waals surface area contributed by atoms with Crippen LogP contribution in [0.25, 0.3) is 0 Å². The van der Waals surface area contributed by atoms with Crippen LogP contribution in [0.2, 0.25) is 0 Å². The molecule has 0 heterocycles. The summed E-state index contributed by atoms with van der Waals surface area (Å²) < 4.78 is 0. The summed E-state index contributed by atoms with van der Waals surface area (Å²) in [5.74, 6) is 1.61. The number of ketones is 1. The summed E-state index contributed by atoms with van der Waals surface area (Å²) in [4.78, 5) is 11.1. The van der Waals surface area contributed by atoms with Gasteiger partial charge in [-0.15, -0.1) is 0 Å². The van der Waals surface area contributed by atoms with E-state index in [-0.39, 0.29) is 0 Å². The van der Waals surface area contributed by atoms with Crippen LogP contribution in [0.1, 0.15) is 39.5 Å². The Kier molecular flexibility index (Phi) is 2.47. The first-order valence-corrected chi connectivity index (χ1v) is 4.23. The van der Waals surface area contributed by atoms with E-state index in [1.54, 1.807) is 0 Å². The molecule has 1 atom stereocenters. The van der Waals surface area contributed by atoms with E-state index in [2.05, 4.69) is 13.8 Å². The van der Waals surface area contributed by atoms with E-state index >= 15 is 0 Å². The van der Waals surface area contributed by atoms with E-state index in [0.717, 1.165) is 25.7 Å².